The zero-order valence-corrected chi connectivity index (χ0v) is 19.0. The zero-order chi connectivity index (χ0) is 21.0. The van der Waals surface area contributed by atoms with E-state index in [1.807, 2.05) is 0 Å². The molecule has 4 aromatic carbocycles. The standard InChI is InChI=1S/C30H26Si/c1-3-20-31(2,29-25-16-8-4-12-21(25)22-13-5-9-17-26(22)29)30-27-18-10-6-14-23(27)24-15-7-11-19-28(24)30/h3-20,29-30H,1-2H3/b20-3-. The Kier molecular flexibility index (Phi) is 4.16. The third kappa shape index (κ3) is 2.53. The minimum Gasteiger partial charge on any atom is -0.0970 e. The van der Waals surface area contributed by atoms with Gasteiger partial charge in [-0.25, -0.2) is 0 Å². The molecule has 0 radical (unpaired) electrons. The number of allylic oxidation sites excluding steroid dienone is 1. The summed E-state index contributed by atoms with van der Waals surface area (Å²) < 4.78 is 0. The summed E-state index contributed by atoms with van der Waals surface area (Å²) >= 11 is 0. The van der Waals surface area contributed by atoms with Crippen molar-refractivity contribution in [3.63, 3.8) is 0 Å². The molecule has 0 N–H and O–H groups in total. The molecule has 0 heterocycles. The molecule has 4 aromatic rings. The number of hydrogen-bond acceptors (Lipinski definition) is 0. The highest BCUT2D eigenvalue weighted by atomic mass is 28.3. The summed E-state index contributed by atoms with van der Waals surface area (Å²) in [6.45, 7) is 4.81. The van der Waals surface area contributed by atoms with Gasteiger partial charge in [0.2, 0.25) is 0 Å². The van der Waals surface area contributed by atoms with Gasteiger partial charge < -0.3 is 0 Å². The van der Waals surface area contributed by atoms with E-state index >= 15 is 0 Å². The Bertz CT molecular complexity index is 1140. The van der Waals surface area contributed by atoms with Crippen LogP contribution in [0.3, 0.4) is 0 Å². The lowest BCUT2D eigenvalue weighted by Gasteiger charge is -2.39. The fourth-order valence-corrected chi connectivity index (χ4v) is 11.5. The summed E-state index contributed by atoms with van der Waals surface area (Å²) in [7, 11) is -2.07. The van der Waals surface area contributed by atoms with E-state index in [1.165, 1.54) is 44.5 Å². The SMILES string of the molecule is C/C=C\[Si](C)(C1c2ccccc2-c2ccccc21)C1c2ccccc2-c2ccccc21. The highest BCUT2D eigenvalue weighted by molar-refractivity contribution is 6.87. The summed E-state index contributed by atoms with van der Waals surface area (Å²) in [6.07, 6.45) is 2.32. The summed E-state index contributed by atoms with van der Waals surface area (Å²) in [5.41, 5.74) is 15.2. The maximum atomic E-state index is 2.61. The third-order valence-corrected chi connectivity index (χ3v) is 12.2. The topological polar surface area (TPSA) is 0 Å². The Hall–Kier alpha value is -3.16. The minimum absolute atomic E-state index is 0.445. The molecule has 31 heavy (non-hydrogen) atoms. The van der Waals surface area contributed by atoms with Crippen LogP contribution in [0.2, 0.25) is 6.55 Å². The van der Waals surface area contributed by atoms with Crippen molar-refractivity contribution in [3.05, 3.63) is 131 Å². The molecule has 0 unspecified atom stereocenters. The highest BCUT2D eigenvalue weighted by Crippen LogP contribution is 2.57. The largest absolute Gasteiger partial charge is 0.0986 e. The minimum atomic E-state index is -2.07. The van der Waals surface area contributed by atoms with Crippen LogP contribution in [0.1, 0.15) is 40.3 Å². The Morgan fingerprint density at radius 3 is 1.10 bits per heavy atom. The molecular weight excluding hydrogens is 388 g/mol. The normalized spacial score (nSPS) is 15.0. The average molecular weight is 415 g/mol. The van der Waals surface area contributed by atoms with E-state index in [4.69, 9.17) is 0 Å². The molecule has 0 aromatic heterocycles. The van der Waals surface area contributed by atoms with E-state index in [1.54, 1.807) is 0 Å². The van der Waals surface area contributed by atoms with Gasteiger partial charge in [-0.3, -0.25) is 0 Å². The maximum absolute atomic E-state index is 2.61. The van der Waals surface area contributed by atoms with Crippen molar-refractivity contribution in [1.29, 1.82) is 0 Å². The molecule has 1 heteroatoms. The molecule has 2 aliphatic rings. The Morgan fingerprint density at radius 2 is 0.806 bits per heavy atom. The van der Waals surface area contributed by atoms with Crippen LogP contribution in [0.4, 0.5) is 0 Å². The van der Waals surface area contributed by atoms with Crippen LogP contribution in [0.5, 0.6) is 0 Å². The molecule has 0 spiro atoms. The van der Waals surface area contributed by atoms with Crippen molar-refractivity contribution in [2.24, 2.45) is 0 Å². The number of benzene rings is 4. The van der Waals surface area contributed by atoms with Gasteiger partial charge in [0.15, 0.2) is 0 Å². The van der Waals surface area contributed by atoms with Gasteiger partial charge in [0.05, 0.1) is 8.07 Å². The molecule has 0 saturated heterocycles. The van der Waals surface area contributed by atoms with Crippen molar-refractivity contribution >= 4 is 8.07 Å². The van der Waals surface area contributed by atoms with Crippen molar-refractivity contribution in [3.8, 4) is 22.3 Å². The second kappa shape index (κ2) is 6.93. The first kappa shape index (κ1) is 18.6. The van der Waals surface area contributed by atoms with E-state index in [-0.39, 0.29) is 0 Å². The molecule has 0 amide bonds. The summed E-state index contributed by atoms with van der Waals surface area (Å²) in [4.78, 5) is 0. The first-order valence-corrected chi connectivity index (χ1v) is 14.0. The monoisotopic (exact) mass is 414 g/mol. The van der Waals surface area contributed by atoms with Gasteiger partial charge in [-0.1, -0.05) is 115 Å². The molecule has 0 bridgehead atoms. The highest BCUT2D eigenvalue weighted by Gasteiger charge is 2.50. The third-order valence-electron chi connectivity index (χ3n) is 7.44. The van der Waals surface area contributed by atoms with E-state index in [9.17, 15) is 0 Å². The predicted molar refractivity (Wildman–Crippen MR) is 134 cm³/mol. The number of hydrogen-bond donors (Lipinski definition) is 0. The molecule has 150 valence electrons. The van der Waals surface area contributed by atoms with Crippen molar-refractivity contribution in [2.45, 2.75) is 24.6 Å². The molecule has 0 saturated carbocycles. The van der Waals surface area contributed by atoms with Gasteiger partial charge >= 0.3 is 0 Å². The van der Waals surface area contributed by atoms with Crippen LogP contribution in [-0.4, -0.2) is 8.07 Å². The Labute approximate surface area is 185 Å². The summed E-state index contributed by atoms with van der Waals surface area (Å²) in [5.74, 6) is 0. The van der Waals surface area contributed by atoms with Crippen LogP contribution in [0.25, 0.3) is 22.3 Å². The predicted octanol–water partition coefficient (Wildman–Crippen LogP) is 7.88. The van der Waals surface area contributed by atoms with E-state index < -0.39 is 8.07 Å². The molecule has 0 nitrogen and oxygen atoms in total. The molecular formula is C30H26Si. The van der Waals surface area contributed by atoms with Gasteiger partial charge in [0, 0.05) is 11.1 Å². The van der Waals surface area contributed by atoms with Crippen LogP contribution in [0.15, 0.2) is 109 Å². The molecule has 0 aliphatic heterocycles. The van der Waals surface area contributed by atoms with E-state index in [0.29, 0.717) is 11.1 Å². The molecule has 2 aliphatic carbocycles. The van der Waals surface area contributed by atoms with Crippen molar-refractivity contribution in [1.82, 2.24) is 0 Å². The smallest absolute Gasteiger partial charge is 0.0970 e. The van der Waals surface area contributed by atoms with Gasteiger partial charge in [0.1, 0.15) is 0 Å². The summed E-state index contributed by atoms with van der Waals surface area (Å²) in [5, 5.41) is 0. The van der Waals surface area contributed by atoms with Gasteiger partial charge in [-0.2, -0.15) is 0 Å². The lowest BCUT2D eigenvalue weighted by Crippen LogP contribution is -2.43. The van der Waals surface area contributed by atoms with E-state index in [0.717, 1.165) is 0 Å². The number of fused-ring (bicyclic) bond motifs is 6. The number of rotatable bonds is 3. The van der Waals surface area contributed by atoms with E-state index in [2.05, 4.69) is 122 Å². The first-order chi connectivity index (χ1) is 15.2. The van der Waals surface area contributed by atoms with Gasteiger partial charge in [-0.15, -0.1) is 0 Å². The lowest BCUT2D eigenvalue weighted by atomic mass is 10.1. The van der Waals surface area contributed by atoms with Crippen molar-refractivity contribution in [2.75, 3.05) is 0 Å². The van der Waals surface area contributed by atoms with Crippen molar-refractivity contribution < 1.29 is 0 Å². The average Bonchev–Trinajstić information content (AvgIpc) is 3.33. The molecule has 0 fully saturated rings. The van der Waals surface area contributed by atoms with Gasteiger partial charge in [0.25, 0.3) is 0 Å². The molecule has 0 atom stereocenters. The Balaban J connectivity index is 1.66. The quantitative estimate of drug-likeness (QED) is 0.299. The lowest BCUT2D eigenvalue weighted by molar-refractivity contribution is 1.02. The van der Waals surface area contributed by atoms with Gasteiger partial charge in [-0.05, 0) is 51.4 Å². The van der Waals surface area contributed by atoms with Crippen LogP contribution in [-0.2, 0) is 0 Å². The first-order valence-electron chi connectivity index (χ1n) is 11.2. The van der Waals surface area contributed by atoms with Crippen LogP contribution < -0.4 is 0 Å². The van der Waals surface area contributed by atoms with Crippen LogP contribution in [0, 0.1) is 0 Å². The second-order valence-electron chi connectivity index (χ2n) is 9.08. The summed E-state index contributed by atoms with van der Waals surface area (Å²) in [6, 6.07) is 36.4. The fraction of sp³-hybridized carbons (Fsp3) is 0.133. The second-order valence-corrected chi connectivity index (χ2v) is 13.3. The maximum Gasteiger partial charge on any atom is 0.0986 e. The molecule has 6 rings (SSSR count). The zero-order valence-electron chi connectivity index (χ0n) is 18.0. The van der Waals surface area contributed by atoms with Crippen LogP contribution >= 0.6 is 0 Å². The Morgan fingerprint density at radius 1 is 0.516 bits per heavy atom. The fourth-order valence-electron chi connectivity index (χ4n) is 6.37.